The number of hydrogen-bond acceptors (Lipinski definition) is 2. The van der Waals surface area contributed by atoms with Gasteiger partial charge >= 0.3 is 0 Å². The number of ether oxygens (including phenoxy) is 1. The minimum atomic E-state index is -0.374. The summed E-state index contributed by atoms with van der Waals surface area (Å²) in [5.74, 6) is -0.403. The lowest BCUT2D eigenvalue weighted by Crippen LogP contribution is -2.29. The Morgan fingerprint density at radius 1 is 1.26 bits per heavy atom. The molecule has 0 bridgehead atoms. The van der Waals surface area contributed by atoms with E-state index < -0.39 is 0 Å². The smallest absolute Gasteiger partial charge is 0.220 e. The van der Waals surface area contributed by atoms with E-state index in [2.05, 4.69) is 5.32 Å². The molecule has 5 heteroatoms. The summed E-state index contributed by atoms with van der Waals surface area (Å²) in [5, 5.41) is 3.48. The number of hydrogen-bond donors (Lipinski definition) is 1. The zero-order chi connectivity index (χ0) is 16.7. The first-order valence-corrected chi connectivity index (χ1v) is 7.75. The van der Waals surface area contributed by atoms with E-state index in [1.165, 1.54) is 19.2 Å². The number of nitrogens with one attached hydrogen (secondary N) is 1. The Bertz CT molecular complexity index is 663. The largest absolute Gasteiger partial charge is 0.375 e. The van der Waals surface area contributed by atoms with E-state index in [-0.39, 0.29) is 17.8 Å². The molecule has 2 aromatic carbocycles. The third kappa shape index (κ3) is 5.66. The van der Waals surface area contributed by atoms with Gasteiger partial charge in [0.15, 0.2) is 0 Å². The Balaban J connectivity index is 1.83. The first-order chi connectivity index (χ1) is 11.1. The molecule has 3 nitrogen and oxygen atoms in total. The fourth-order valence-electron chi connectivity index (χ4n) is 2.29. The van der Waals surface area contributed by atoms with Crippen LogP contribution in [0.2, 0.25) is 5.02 Å². The van der Waals surface area contributed by atoms with Crippen molar-refractivity contribution in [2.24, 2.45) is 0 Å². The Kier molecular flexibility index (Phi) is 6.56. The summed E-state index contributed by atoms with van der Waals surface area (Å²) < 4.78 is 18.6. The molecule has 0 aromatic heterocycles. The lowest BCUT2D eigenvalue weighted by atomic mass is 10.1. The molecule has 0 unspecified atom stereocenters. The van der Waals surface area contributed by atoms with Crippen LogP contribution < -0.4 is 5.32 Å². The number of rotatable bonds is 7. The van der Waals surface area contributed by atoms with E-state index in [0.717, 1.165) is 5.56 Å². The fraction of sp³-hybridized carbons (Fsp3) is 0.278. The lowest BCUT2D eigenvalue weighted by molar-refractivity contribution is -0.121. The summed E-state index contributed by atoms with van der Waals surface area (Å²) in [7, 11) is 1.54. The highest BCUT2D eigenvalue weighted by Gasteiger charge is 2.12. The van der Waals surface area contributed by atoms with E-state index >= 15 is 0 Å². The normalized spacial score (nSPS) is 12.0. The molecule has 1 amide bonds. The molecule has 0 saturated carbocycles. The molecule has 0 fully saturated rings. The van der Waals surface area contributed by atoms with E-state index in [4.69, 9.17) is 16.3 Å². The summed E-state index contributed by atoms with van der Waals surface area (Å²) in [6, 6.07) is 13.6. The van der Waals surface area contributed by atoms with Gasteiger partial charge in [-0.1, -0.05) is 35.9 Å². The number of carbonyl (C=O) groups is 1. The van der Waals surface area contributed by atoms with Crippen LogP contribution in [-0.2, 0) is 16.0 Å². The van der Waals surface area contributed by atoms with Crippen LogP contribution in [0, 0.1) is 5.82 Å². The van der Waals surface area contributed by atoms with E-state index in [9.17, 15) is 9.18 Å². The van der Waals surface area contributed by atoms with Crippen molar-refractivity contribution in [3.63, 3.8) is 0 Å². The Hall–Kier alpha value is -1.91. The van der Waals surface area contributed by atoms with Gasteiger partial charge < -0.3 is 10.1 Å². The molecule has 0 aliphatic carbocycles. The lowest BCUT2D eigenvalue weighted by Gasteiger charge is -2.16. The summed E-state index contributed by atoms with van der Waals surface area (Å²) in [6.07, 6.45) is 0.602. The summed E-state index contributed by atoms with van der Waals surface area (Å²) in [4.78, 5) is 11.9. The second-order valence-electron chi connectivity index (χ2n) is 5.21. The standard InChI is InChI=1S/C18H19ClFNO2/c1-23-17(14-5-3-7-16(20)11-14)12-21-18(22)9-8-13-4-2-6-15(19)10-13/h2-7,10-11,17H,8-9,12H2,1H3,(H,21,22)/t17-/m0/s1. The molecule has 2 aromatic rings. The number of halogens is 2. The molecular weight excluding hydrogens is 317 g/mol. The Labute approximate surface area is 140 Å². The highest BCUT2D eigenvalue weighted by atomic mass is 35.5. The van der Waals surface area contributed by atoms with E-state index in [1.807, 2.05) is 18.2 Å². The third-order valence-corrected chi connectivity index (χ3v) is 3.75. The molecule has 1 N–H and O–H groups in total. The second-order valence-corrected chi connectivity index (χ2v) is 5.65. The van der Waals surface area contributed by atoms with Gasteiger partial charge in [-0.15, -0.1) is 0 Å². The summed E-state index contributed by atoms with van der Waals surface area (Å²) in [6.45, 7) is 0.300. The molecule has 0 aliphatic heterocycles. The van der Waals surface area contributed by atoms with Gasteiger partial charge in [0.25, 0.3) is 0 Å². The number of amides is 1. The van der Waals surface area contributed by atoms with Crippen molar-refractivity contribution in [1.82, 2.24) is 5.32 Å². The molecule has 2 rings (SSSR count). The van der Waals surface area contributed by atoms with Gasteiger partial charge in [0.2, 0.25) is 5.91 Å². The maximum atomic E-state index is 13.3. The van der Waals surface area contributed by atoms with Crippen LogP contribution in [0.3, 0.4) is 0 Å². The average molecular weight is 336 g/mol. The molecule has 0 radical (unpaired) electrons. The van der Waals surface area contributed by atoms with Gasteiger partial charge in [0.1, 0.15) is 5.82 Å². The van der Waals surface area contributed by atoms with Crippen LogP contribution in [-0.4, -0.2) is 19.6 Å². The zero-order valence-corrected chi connectivity index (χ0v) is 13.6. The molecule has 0 heterocycles. The predicted octanol–water partition coefficient (Wildman–Crippen LogP) is 3.92. The Morgan fingerprint density at radius 2 is 2.04 bits per heavy atom. The van der Waals surface area contributed by atoms with Gasteiger partial charge in [-0.3, -0.25) is 4.79 Å². The minimum absolute atomic E-state index is 0.0802. The van der Waals surface area contributed by atoms with Crippen LogP contribution in [0.4, 0.5) is 4.39 Å². The molecule has 0 saturated heterocycles. The number of methoxy groups -OCH3 is 1. The average Bonchev–Trinajstić information content (AvgIpc) is 2.54. The first-order valence-electron chi connectivity index (χ1n) is 7.38. The maximum Gasteiger partial charge on any atom is 0.220 e. The molecular formula is C18H19ClFNO2. The van der Waals surface area contributed by atoms with Crippen LogP contribution in [0.1, 0.15) is 23.7 Å². The van der Waals surface area contributed by atoms with Crippen LogP contribution in [0.5, 0.6) is 0 Å². The monoisotopic (exact) mass is 335 g/mol. The van der Waals surface area contributed by atoms with Gasteiger partial charge in [-0.05, 0) is 41.8 Å². The minimum Gasteiger partial charge on any atom is -0.375 e. The topological polar surface area (TPSA) is 38.3 Å². The quantitative estimate of drug-likeness (QED) is 0.833. The van der Waals surface area contributed by atoms with Gasteiger partial charge in [-0.2, -0.15) is 0 Å². The zero-order valence-electron chi connectivity index (χ0n) is 12.9. The molecule has 23 heavy (non-hydrogen) atoms. The first kappa shape index (κ1) is 17.4. The van der Waals surface area contributed by atoms with Crippen molar-refractivity contribution in [1.29, 1.82) is 0 Å². The van der Waals surface area contributed by atoms with Crippen molar-refractivity contribution >= 4 is 17.5 Å². The van der Waals surface area contributed by atoms with E-state index in [1.54, 1.807) is 18.2 Å². The van der Waals surface area contributed by atoms with Crippen LogP contribution in [0.15, 0.2) is 48.5 Å². The molecule has 1 atom stereocenters. The molecule has 0 spiro atoms. The maximum absolute atomic E-state index is 13.3. The van der Waals surface area contributed by atoms with Gasteiger partial charge in [-0.25, -0.2) is 4.39 Å². The summed E-state index contributed by atoms with van der Waals surface area (Å²) >= 11 is 5.91. The number of benzene rings is 2. The van der Waals surface area contributed by atoms with Crippen molar-refractivity contribution < 1.29 is 13.9 Å². The number of carbonyl (C=O) groups excluding carboxylic acids is 1. The highest BCUT2D eigenvalue weighted by molar-refractivity contribution is 6.30. The molecule has 122 valence electrons. The fourth-order valence-corrected chi connectivity index (χ4v) is 2.50. The summed E-state index contributed by atoms with van der Waals surface area (Å²) in [5.41, 5.74) is 1.71. The van der Waals surface area contributed by atoms with Crippen molar-refractivity contribution in [3.05, 3.63) is 70.5 Å². The van der Waals surface area contributed by atoms with Crippen molar-refractivity contribution in [3.8, 4) is 0 Å². The molecule has 0 aliphatic rings. The SMILES string of the molecule is CO[C@@H](CNC(=O)CCc1cccc(Cl)c1)c1cccc(F)c1. The second kappa shape index (κ2) is 8.65. The predicted molar refractivity (Wildman–Crippen MR) is 88.9 cm³/mol. The van der Waals surface area contributed by atoms with E-state index in [0.29, 0.717) is 30.0 Å². The van der Waals surface area contributed by atoms with Gasteiger partial charge in [0.05, 0.1) is 6.10 Å². The van der Waals surface area contributed by atoms with Crippen LogP contribution >= 0.6 is 11.6 Å². The third-order valence-electron chi connectivity index (χ3n) is 3.52. The van der Waals surface area contributed by atoms with Crippen LogP contribution in [0.25, 0.3) is 0 Å². The van der Waals surface area contributed by atoms with Gasteiger partial charge in [0, 0.05) is 25.1 Å². The van der Waals surface area contributed by atoms with Crippen molar-refractivity contribution in [2.45, 2.75) is 18.9 Å². The Morgan fingerprint density at radius 3 is 2.74 bits per heavy atom. The van der Waals surface area contributed by atoms with Crippen molar-refractivity contribution in [2.75, 3.05) is 13.7 Å². The number of aryl methyl sites for hydroxylation is 1. The highest BCUT2D eigenvalue weighted by Crippen LogP contribution is 2.17.